The molecule has 0 aliphatic heterocycles. The van der Waals surface area contributed by atoms with Gasteiger partial charge in [-0.3, -0.25) is 0 Å². The topological polar surface area (TPSA) is 63.8 Å². The second-order valence-corrected chi connectivity index (χ2v) is 6.87. The summed E-state index contributed by atoms with van der Waals surface area (Å²) in [7, 11) is 0. The number of hydrogen-bond donors (Lipinski definition) is 1. The Balaban J connectivity index is 1.60. The van der Waals surface area contributed by atoms with Crippen LogP contribution in [0.4, 0.5) is 5.13 Å². The Morgan fingerprint density at radius 3 is 3.15 bits per heavy atom. The lowest BCUT2D eigenvalue weighted by Crippen LogP contribution is -1.94. The second-order valence-electron chi connectivity index (χ2n) is 3.81. The molecule has 3 heterocycles. The van der Waals surface area contributed by atoms with Gasteiger partial charge in [0.05, 0.1) is 12.0 Å². The van der Waals surface area contributed by atoms with Crippen molar-refractivity contribution < 1.29 is 4.42 Å². The summed E-state index contributed by atoms with van der Waals surface area (Å²) in [6.45, 7) is 2.90. The Hall–Kier alpha value is -1.38. The molecule has 0 aliphatic carbocycles. The van der Waals surface area contributed by atoms with Crippen molar-refractivity contribution >= 4 is 39.6 Å². The van der Waals surface area contributed by atoms with Crippen molar-refractivity contribution in [2.24, 2.45) is 0 Å². The average Bonchev–Trinajstić information content (AvgIpc) is 3.18. The molecule has 0 saturated carbocycles. The average molecular weight is 324 g/mol. The van der Waals surface area contributed by atoms with Crippen LogP contribution in [0.2, 0.25) is 0 Å². The maximum absolute atomic E-state index is 5.34. The minimum atomic E-state index is 0.790. The summed E-state index contributed by atoms with van der Waals surface area (Å²) in [5, 5.41) is 15.2. The van der Waals surface area contributed by atoms with E-state index in [0.29, 0.717) is 0 Å². The van der Waals surface area contributed by atoms with Crippen molar-refractivity contribution in [2.75, 3.05) is 11.9 Å². The first-order valence-corrected chi connectivity index (χ1v) is 8.72. The van der Waals surface area contributed by atoms with E-state index in [1.165, 1.54) is 0 Å². The van der Waals surface area contributed by atoms with Crippen LogP contribution in [0.15, 0.2) is 32.5 Å². The molecule has 20 heavy (non-hydrogen) atoms. The molecule has 5 nitrogen and oxygen atoms in total. The van der Waals surface area contributed by atoms with Crippen LogP contribution in [0.25, 0.3) is 10.8 Å². The lowest BCUT2D eigenvalue weighted by Gasteiger charge is -1.93. The molecule has 104 valence electrons. The first-order valence-electron chi connectivity index (χ1n) is 6.03. The minimum absolute atomic E-state index is 0.790. The zero-order chi connectivity index (χ0) is 13.8. The molecule has 3 aromatic heterocycles. The highest BCUT2D eigenvalue weighted by atomic mass is 32.2. The molecule has 0 unspecified atom stereocenters. The van der Waals surface area contributed by atoms with Crippen LogP contribution in [0.1, 0.15) is 12.6 Å². The van der Waals surface area contributed by atoms with E-state index in [0.717, 1.165) is 38.2 Å². The number of aromatic nitrogens is 3. The monoisotopic (exact) mass is 324 g/mol. The Morgan fingerprint density at radius 2 is 2.35 bits per heavy atom. The van der Waals surface area contributed by atoms with E-state index < -0.39 is 0 Å². The Morgan fingerprint density at radius 1 is 1.40 bits per heavy atom. The Bertz CT molecular complexity index is 662. The van der Waals surface area contributed by atoms with E-state index in [-0.39, 0.29) is 0 Å². The van der Waals surface area contributed by atoms with Gasteiger partial charge in [-0.05, 0) is 19.1 Å². The fraction of sp³-hybridized carbons (Fsp3) is 0.250. The summed E-state index contributed by atoms with van der Waals surface area (Å²) in [6.07, 6.45) is 1.66. The fourth-order valence-corrected chi connectivity index (χ4v) is 4.12. The largest absolute Gasteiger partial charge is 0.462 e. The van der Waals surface area contributed by atoms with E-state index in [2.05, 4.69) is 25.9 Å². The van der Waals surface area contributed by atoms with Crippen molar-refractivity contribution in [3.63, 3.8) is 0 Å². The van der Waals surface area contributed by atoms with Crippen molar-refractivity contribution in [3.8, 4) is 10.8 Å². The van der Waals surface area contributed by atoms with Gasteiger partial charge in [-0.1, -0.05) is 23.1 Å². The van der Waals surface area contributed by atoms with Gasteiger partial charge in [0.15, 0.2) is 15.1 Å². The van der Waals surface area contributed by atoms with Crippen LogP contribution in [-0.2, 0) is 5.75 Å². The van der Waals surface area contributed by atoms with Crippen molar-refractivity contribution in [3.05, 3.63) is 29.5 Å². The number of nitrogens with one attached hydrogen (secondary N) is 1. The Labute approximate surface area is 128 Å². The maximum Gasteiger partial charge on any atom is 0.206 e. The zero-order valence-corrected chi connectivity index (χ0v) is 13.1. The number of thiazole rings is 1. The number of thioether (sulfide) groups is 1. The number of anilines is 1. The van der Waals surface area contributed by atoms with E-state index in [1.54, 1.807) is 40.7 Å². The predicted molar refractivity (Wildman–Crippen MR) is 83.4 cm³/mol. The van der Waals surface area contributed by atoms with Crippen LogP contribution >= 0.6 is 34.4 Å². The van der Waals surface area contributed by atoms with Gasteiger partial charge in [-0.15, -0.1) is 21.5 Å². The van der Waals surface area contributed by atoms with Gasteiger partial charge < -0.3 is 9.73 Å². The van der Waals surface area contributed by atoms with Gasteiger partial charge >= 0.3 is 0 Å². The fourth-order valence-electron chi connectivity index (χ4n) is 1.51. The summed E-state index contributed by atoms with van der Waals surface area (Å²) in [5.41, 5.74) is 1.03. The van der Waals surface area contributed by atoms with Gasteiger partial charge in [0.25, 0.3) is 0 Å². The van der Waals surface area contributed by atoms with E-state index in [1.807, 2.05) is 19.1 Å². The molecule has 0 bridgehead atoms. The van der Waals surface area contributed by atoms with E-state index in [4.69, 9.17) is 4.42 Å². The third kappa shape index (κ3) is 3.20. The van der Waals surface area contributed by atoms with Crippen LogP contribution in [0.3, 0.4) is 0 Å². The minimum Gasteiger partial charge on any atom is -0.462 e. The van der Waals surface area contributed by atoms with E-state index in [9.17, 15) is 0 Å². The summed E-state index contributed by atoms with van der Waals surface area (Å²) < 4.78 is 6.29. The zero-order valence-electron chi connectivity index (χ0n) is 10.7. The molecule has 0 saturated heterocycles. The SMILES string of the molecule is CCNc1nnc(SCc2csc(-c3ccco3)n2)s1. The second kappa shape index (κ2) is 6.38. The molecule has 3 rings (SSSR count). The molecular weight excluding hydrogens is 312 g/mol. The normalized spacial score (nSPS) is 10.8. The number of rotatable bonds is 6. The van der Waals surface area contributed by atoms with Gasteiger partial charge in [0, 0.05) is 17.7 Å². The lowest BCUT2D eigenvalue weighted by atomic mass is 10.5. The predicted octanol–water partition coefficient (Wildman–Crippen LogP) is 3.98. The van der Waals surface area contributed by atoms with Gasteiger partial charge in [0.2, 0.25) is 5.13 Å². The summed E-state index contributed by atoms with van der Waals surface area (Å²) in [4.78, 5) is 4.56. The molecule has 0 fully saturated rings. The van der Waals surface area contributed by atoms with Crippen molar-refractivity contribution in [1.82, 2.24) is 15.2 Å². The molecule has 0 radical (unpaired) electrons. The van der Waals surface area contributed by atoms with Crippen LogP contribution in [0.5, 0.6) is 0 Å². The standard InChI is InChI=1S/C12H12N4OS3/c1-2-13-11-15-16-12(20-11)19-7-8-6-18-10(14-8)9-4-3-5-17-9/h3-6H,2,7H2,1H3,(H,13,15). The molecule has 0 atom stereocenters. The number of hydrogen-bond acceptors (Lipinski definition) is 8. The lowest BCUT2D eigenvalue weighted by molar-refractivity contribution is 0.581. The van der Waals surface area contributed by atoms with E-state index >= 15 is 0 Å². The third-order valence-electron chi connectivity index (χ3n) is 2.36. The van der Waals surface area contributed by atoms with Crippen molar-refractivity contribution in [1.29, 1.82) is 0 Å². The highest BCUT2D eigenvalue weighted by Crippen LogP contribution is 2.30. The van der Waals surface area contributed by atoms with Gasteiger partial charge in [-0.2, -0.15) is 0 Å². The number of furan rings is 1. The molecular formula is C12H12N4OS3. The summed E-state index contributed by atoms with van der Waals surface area (Å²) in [6, 6.07) is 3.79. The van der Waals surface area contributed by atoms with Crippen LogP contribution in [-0.4, -0.2) is 21.7 Å². The van der Waals surface area contributed by atoms with Gasteiger partial charge in [0.1, 0.15) is 0 Å². The van der Waals surface area contributed by atoms with Crippen LogP contribution < -0.4 is 5.32 Å². The highest BCUT2D eigenvalue weighted by molar-refractivity contribution is 8.00. The van der Waals surface area contributed by atoms with Gasteiger partial charge in [-0.25, -0.2) is 4.98 Å². The molecule has 0 aromatic carbocycles. The molecule has 8 heteroatoms. The quantitative estimate of drug-likeness (QED) is 0.692. The Kier molecular flexibility index (Phi) is 4.34. The molecule has 1 N–H and O–H groups in total. The smallest absolute Gasteiger partial charge is 0.206 e. The summed E-state index contributed by atoms with van der Waals surface area (Å²) >= 11 is 4.81. The van der Waals surface area contributed by atoms with Crippen molar-refractivity contribution in [2.45, 2.75) is 17.0 Å². The summed E-state index contributed by atoms with van der Waals surface area (Å²) in [5.74, 6) is 1.61. The first kappa shape index (κ1) is 13.6. The molecule has 3 aromatic rings. The first-order chi connectivity index (χ1) is 9.85. The van der Waals surface area contributed by atoms with Crippen LogP contribution in [0, 0.1) is 0 Å². The molecule has 0 amide bonds. The third-order valence-corrected chi connectivity index (χ3v) is 5.32. The molecule has 0 aliphatic rings. The highest BCUT2D eigenvalue weighted by Gasteiger charge is 2.09. The number of nitrogens with zero attached hydrogens (tertiary/aromatic N) is 3. The molecule has 0 spiro atoms. The maximum atomic E-state index is 5.34.